The van der Waals surface area contributed by atoms with Gasteiger partial charge in [0, 0.05) is 31.0 Å². The Morgan fingerprint density at radius 2 is 1.58 bits per heavy atom. The molecule has 2 rings (SSSR count). The van der Waals surface area contributed by atoms with E-state index in [9.17, 15) is 14.4 Å². The minimum Gasteiger partial charge on any atom is -0.354 e. The predicted octanol–water partition coefficient (Wildman–Crippen LogP) is 6.56. The number of Topliss-reactive ketones (excluding diaryl/α,β-unsaturated/α-hetero) is 1. The molecule has 0 radical (unpaired) electrons. The summed E-state index contributed by atoms with van der Waals surface area (Å²) < 4.78 is 0. The third-order valence-electron chi connectivity index (χ3n) is 5.26. The van der Waals surface area contributed by atoms with E-state index in [1.54, 1.807) is 18.7 Å². The SMILES string of the molecule is CC(=O)NC1CC1.CC(C)C.CCCC(CC)(C(C)=O)N(Cc1ccc(Cl)cc1)C(=O)CC. The van der Waals surface area contributed by atoms with E-state index in [2.05, 4.69) is 26.1 Å². The van der Waals surface area contributed by atoms with Gasteiger partial charge >= 0.3 is 0 Å². The van der Waals surface area contributed by atoms with E-state index >= 15 is 0 Å². The van der Waals surface area contributed by atoms with Gasteiger partial charge in [0.05, 0.1) is 0 Å². The molecule has 2 amide bonds. The van der Waals surface area contributed by atoms with E-state index < -0.39 is 5.54 Å². The molecular formula is C27H45ClN2O3. The summed E-state index contributed by atoms with van der Waals surface area (Å²) in [5.74, 6) is 1.01. The van der Waals surface area contributed by atoms with E-state index in [0.717, 1.165) is 17.9 Å². The quantitative estimate of drug-likeness (QED) is 0.435. The Hall–Kier alpha value is -1.88. The zero-order valence-electron chi connectivity index (χ0n) is 22.0. The minimum atomic E-state index is -0.707. The van der Waals surface area contributed by atoms with Gasteiger partial charge in [-0.3, -0.25) is 14.4 Å². The summed E-state index contributed by atoms with van der Waals surface area (Å²) in [5, 5.41) is 3.44. The number of amides is 2. The van der Waals surface area contributed by atoms with Crippen molar-refractivity contribution in [3.63, 3.8) is 0 Å². The fraction of sp³-hybridized carbons (Fsp3) is 0.667. The van der Waals surface area contributed by atoms with Gasteiger partial charge in [-0.05, 0) is 56.2 Å². The summed E-state index contributed by atoms with van der Waals surface area (Å²) in [7, 11) is 0. The monoisotopic (exact) mass is 480 g/mol. The highest BCUT2D eigenvalue weighted by atomic mass is 35.5. The van der Waals surface area contributed by atoms with Crippen molar-refractivity contribution in [2.24, 2.45) is 5.92 Å². The summed E-state index contributed by atoms with van der Waals surface area (Å²) in [5.41, 5.74) is 0.281. The third kappa shape index (κ3) is 12.2. The summed E-state index contributed by atoms with van der Waals surface area (Å²) in [6.07, 6.45) is 4.95. The molecule has 0 aliphatic heterocycles. The lowest BCUT2D eigenvalue weighted by molar-refractivity contribution is -0.147. The number of hydrogen-bond donors (Lipinski definition) is 1. The molecule has 1 N–H and O–H groups in total. The standard InChI is InChI=1S/C18H26ClNO2.C5H9NO.C4H10/c1-5-12-18(7-3,14(4)21)20(17(22)6-2)13-15-8-10-16(19)11-9-15;1-4(7)6-5-2-3-5;1-4(2)3/h8-11H,5-7,12-13H2,1-4H3;5H,2-3H2,1H3,(H,6,7);4H,1-3H3. The molecule has 1 unspecified atom stereocenters. The molecule has 6 heteroatoms. The van der Waals surface area contributed by atoms with Crippen LogP contribution in [0.15, 0.2) is 24.3 Å². The highest BCUT2D eigenvalue weighted by Gasteiger charge is 2.41. The van der Waals surface area contributed by atoms with Gasteiger partial charge in [0.2, 0.25) is 11.8 Å². The molecule has 188 valence electrons. The first-order valence-electron chi connectivity index (χ1n) is 12.3. The maximum atomic E-state index is 12.5. The van der Waals surface area contributed by atoms with Crippen LogP contribution in [0.3, 0.4) is 0 Å². The van der Waals surface area contributed by atoms with Crippen molar-refractivity contribution in [3.8, 4) is 0 Å². The van der Waals surface area contributed by atoms with Crippen molar-refractivity contribution in [2.45, 2.75) is 112 Å². The van der Waals surface area contributed by atoms with Crippen LogP contribution in [-0.4, -0.2) is 34.1 Å². The van der Waals surface area contributed by atoms with Crippen molar-refractivity contribution < 1.29 is 14.4 Å². The number of carbonyl (C=O) groups is 3. The van der Waals surface area contributed by atoms with Crippen LogP contribution in [0.1, 0.15) is 99.5 Å². The van der Waals surface area contributed by atoms with Gasteiger partial charge in [-0.2, -0.15) is 0 Å². The predicted molar refractivity (Wildman–Crippen MR) is 138 cm³/mol. The smallest absolute Gasteiger partial charge is 0.223 e. The molecule has 1 atom stereocenters. The molecule has 1 fully saturated rings. The van der Waals surface area contributed by atoms with Crippen molar-refractivity contribution >= 4 is 29.2 Å². The number of carbonyl (C=O) groups excluding carboxylic acids is 3. The van der Waals surface area contributed by atoms with Gasteiger partial charge in [0.1, 0.15) is 5.54 Å². The molecule has 5 nitrogen and oxygen atoms in total. The lowest BCUT2D eigenvalue weighted by atomic mass is 9.84. The molecule has 0 aromatic heterocycles. The van der Waals surface area contributed by atoms with Crippen molar-refractivity contribution in [2.75, 3.05) is 0 Å². The number of halogens is 1. The first-order valence-corrected chi connectivity index (χ1v) is 12.6. The van der Waals surface area contributed by atoms with Crippen molar-refractivity contribution in [1.82, 2.24) is 10.2 Å². The molecule has 0 bridgehead atoms. The molecule has 0 heterocycles. The summed E-state index contributed by atoms with van der Waals surface area (Å²) in [4.78, 5) is 36.8. The number of nitrogens with one attached hydrogen (secondary N) is 1. The maximum absolute atomic E-state index is 12.5. The van der Waals surface area contributed by atoms with Gasteiger partial charge < -0.3 is 10.2 Å². The summed E-state index contributed by atoms with van der Waals surface area (Å²) in [6.45, 7) is 16.0. The Bertz CT molecular complexity index is 727. The lowest BCUT2D eigenvalue weighted by Gasteiger charge is -2.42. The second-order valence-corrected chi connectivity index (χ2v) is 9.79. The molecular weight excluding hydrogens is 436 g/mol. The van der Waals surface area contributed by atoms with Crippen LogP contribution < -0.4 is 5.32 Å². The molecule has 0 spiro atoms. The zero-order chi connectivity index (χ0) is 25.6. The maximum Gasteiger partial charge on any atom is 0.223 e. The molecule has 1 saturated carbocycles. The minimum absolute atomic E-state index is 0.0143. The summed E-state index contributed by atoms with van der Waals surface area (Å²) >= 11 is 5.92. The van der Waals surface area contributed by atoms with Gasteiger partial charge in [0.15, 0.2) is 5.78 Å². The van der Waals surface area contributed by atoms with Crippen molar-refractivity contribution in [1.29, 1.82) is 0 Å². The van der Waals surface area contributed by atoms with E-state index in [1.807, 2.05) is 45.0 Å². The van der Waals surface area contributed by atoms with E-state index in [-0.39, 0.29) is 17.6 Å². The average molecular weight is 481 g/mol. The van der Waals surface area contributed by atoms with Crippen LogP contribution in [0.25, 0.3) is 0 Å². The highest BCUT2D eigenvalue weighted by molar-refractivity contribution is 6.30. The fourth-order valence-corrected chi connectivity index (χ4v) is 3.61. The Morgan fingerprint density at radius 3 is 1.88 bits per heavy atom. The Kier molecular flexibility index (Phi) is 15.0. The van der Waals surface area contributed by atoms with Crippen LogP contribution in [0.4, 0.5) is 0 Å². The van der Waals surface area contributed by atoms with Gasteiger partial charge in [-0.1, -0.05) is 71.7 Å². The molecule has 0 saturated heterocycles. The number of nitrogens with zero attached hydrogens (tertiary/aromatic N) is 1. The van der Waals surface area contributed by atoms with Crippen LogP contribution in [-0.2, 0) is 20.9 Å². The number of hydrogen-bond acceptors (Lipinski definition) is 3. The molecule has 33 heavy (non-hydrogen) atoms. The Labute approximate surface area is 206 Å². The topological polar surface area (TPSA) is 66.5 Å². The van der Waals surface area contributed by atoms with Gasteiger partial charge in [0.25, 0.3) is 0 Å². The first kappa shape index (κ1) is 31.1. The second-order valence-electron chi connectivity index (χ2n) is 9.36. The zero-order valence-corrected chi connectivity index (χ0v) is 22.7. The normalized spacial score (nSPS) is 14.1. The number of rotatable bonds is 9. The second kappa shape index (κ2) is 15.9. The fourth-order valence-electron chi connectivity index (χ4n) is 3.49. The third-order valence-corrected chi connectivity index (χ3v) is 5.51. The molecule has 1 aliphatic rings. The number of ketones is 1. The van der Waals surface area contributed by atoms with Crippen LogP contribution in [0, 0.1) is 5.92 Å². The van der Waals surface area contributed by atoms with Gasteiger partial charge in [-0.25, -0.2) is 0 Å². The lowest BCUT2D eigenvalue weighted by Crippen LogP contribution is -2.55. The first-order chi connectivity index (χ1) is 15.4. The van der Waals surface area contributed by atoms with Gasteiger partial charge in [-0.15, -0.1) is 0 Å². The van der Waals surface area contributed by atoms with Crippen molar-refractivity contribution in [3.05, 3.63) is 34.9 Å². The Balaban J connectivity index is 0.000000759. The average Bonchev–Trinajstić information content (AvgIpc) is 3.54. The molecule has 1 aromatic rings. The van der Waals surface area contributed by atoms with Crippen LogP contribution in [0.5, 0.6) is 0 Å². The van der Waals surface area contributed by atoms with E-state index in [4.69, 9.17) is 11.6 Å². The molecule has 1 aromatic carbocycles. The Morgan fingerprint density at radius 1 is 1.06 bits per heavy atom. The van der Waals surface area contributed by atoms with E-state index in [1.165, 1.54) is 12.8 Å². The van der Waals surface area contributed by atoms with Crippen LogP contribution >= 0.6 is 11.6 Å². The largest absolute Gasteiger partial charge is 0.354 e. The summed E-state index contributed by atoms with van der Waals surface area (Å²) in [6, 6.07) is 7.96. The number of benzene rings is 1. The van der Waals surface area contributed by atoms with E-state index in [0.29, 0.717) is 36.9 Å². The van der Waals surface area contributed by atoms with Crippen LogP contribution in [0.2, 0.25) is 5.02 Å². The molecule has 1 aliphatic carbocycles. The highest BCUT2D eigenvalue weighted by Crippen LogP contribution is 2.30.